The smallest absolute Gasteiger partial charge is 0.303 e. The van der Waals surface area contributed by atoms with Crippen molar-refractivity contribution < 1.29 is 20.1 Å². The van der Waals surface area contributed by atoms with Crippen LogP contribution in [0.1, 0.15) is 32.6 Å². The summed E-state index contributed by atoms with van der Waals surface area (Å²) < 4.78 is 0. The number of phenolic OH excluding ortho intramolecular Hbond substituents is 2. The summed E-state index contributed by atoms with van der Waals surface area (Å²) in [5.74, 6) is -0.343. The summed E-state index contributed by atoms with van der Waals surface area (Å²) in [4.78, 5) is 9.87. The summed E-state index contributed by atoms with van der Waals surface area (Å²) in [5, 5.41) is 25.4. The first kappa shape index (κ1) is 14.3. The van der Waals surface area contributed by atoms with Gasteiger partial charge in [0.1, 0.15) is 11.5 Å². The van der Waals surface area contributed by atoms with Gasteiger partial charge in [-0.25, -0.2) is 0 Å². The van der Waals surface area contributed by atoms with Crippen molar-refractivity contribution in [3.05, 3.63) is 24.3 Å². The van der Waals surface area contributed by atoms with Crippen LogP contribution >= 0.6 is 0 Å². The van der Waals surface area contributed by atoms with Gasteiger partial charge in [0.15, 0.2) is 0 Å². The normalized spacial score (nSPS) is 9.06. The Morgan fingerprint density at radius 3 is 1.81 bits per heavy atom. The monoisotopic (exact) mass is 226 g/mol. The number of carboxylic acids is 1. The number of phenols is 2. The molecule has 0 aliphatic heterocycles. The van der Waals surface area contributed by atoms with Crippen molar-refractivity contribution in [2.75, 3.05) is 0 Å². The molecule has 0 aliphatic carbocycles. The largest absolute Gasteiger partial charge is 0.508 e. The van der Waals surface area contributed by atoms with E-state index in [1.165, 1.54) is 24.3 Å². The van der Waals surface area contributed by atoms with Crippen LogP contribution in [0.5, 0.6) is 11.5 Å². The summed E-state index contributed by atoms with van der Waals surface area (Å²) in [6.07, 6.45) is 3.28. The van der Waals surface area contributed by atoms with Gasteiger partial charge >= 0.3 is 5.97 Å². The van der Waals surface area contributed by atoms with Crippen LogP contribution in [-0.4, -0.2) is 21.3 Å². The van der Waals surface area contributed by atoms with Crippen molar-refractivity contribution in [3.63, 3.8) is 0 Å². The lowest BCUT2D eigenvalue weighted by molar-refractivity contribution is -0.137. The molecule has 1 rings (SSSR count). The molecule has 4 heteroatoms. The molecule has 0 unspecified atom stereocenters. The van der Waals surface area contributed by atoms with Gasteiger partial charge in [-0.05, 0) is 30.7 Å². The van der Waals surface area contributed by atoms with Crippen LogP contribution in [0.2, 0.25) is 0 Å². The first-order valence-electron chi connectivity index (χ1n) is 5.26. The highest BCUT2D eigenvalue weighted by molar-refractivity contribution is 5.66. The Hall–Kier alpha value is -1.71. The first-order chi connectivity index (χ1) is 7.56. The molecule has 1 aromatic rings. The fraction of sp³-hybridized carbons (Fsp3) is 0.417. The highest BCUT2D eigenvalue weighted by atomic mass is 16.4. The molecule has 0 atom stereocenters. The number of carboxylic acid groups (broad SMARTS) is 1. The van der Waals surface area contributed by atoms with Crippen molar-refractivity contribution in [1.29, 1.82) is 0 Å². The lowest BCUT2D eigenvalue weighted by Gasteiger charge is -1.89. The van der Waals surface area contributed by atoms with E-state index in [0.717, 1.165) is 19.3 Å². The standard InChI is InChI=1S/C6H6O2.C6H12O2/c7-5-1-2-6(8)4-3-5;1-2-3-4-5-6(7)8/h1-4,7-8H;2-5H2,1H3,(H,7,8). The predicted molar refractivity (Wildman–Crippen MR) is 61.5 cm³/mol. The first-order valence-corrected chi connectivity index (χ1v) is 5.26. The Morgan fingerprint density at radius 2 is 1.50 bits per heavy atom. The summed E-state index contributed by atoms with van der Waals surface area (Å²) in [5.41, 5.74) is 0. The molecule has 0 aromatic heterocycles. The Balaban J connectivity index is 0.000000281. The predicted octanol–water partition coefficient (Wildman–Crippen LogP) is 2.75. The molecule has 0 saturated heterocycles. The molecule has 0 radical (unpaired) electrons. The number of benzene rings is 1. The molecule has 90 valence electrons. The van der Waals surface area contributed by atoms with Gasteiger partial charge in [-0.15, -0.1) is 0 Å². The molecule has 3 N–H and O–H groups in total. The minimum Gasteiger partial charge on any atom is -0.508 e. The van der Waals surface area contributed by atoms with Crippen molar-refractivity contribution in [1.82, 2.24) is 0 Å². The lowest BCUT2D eigenvalue weighted by Crippen LogP contribution is -1.92. The second kappa shape index (κ2) is 8.59. The second-order valence-corrected chi connectivity index (χ2v) is 3.37. The van der Waals surface area contributed by atoms with E-state index in [2.05, 4.69) is 6.92 Å². The minimum atomic E-state index is -0.682. The third-order valence-electron chi connectivity index (χ3n) is 1.84. The number of carbonyl (C=O) groups is 1. The van der Waals surface area contributed by atoms with Crippen molar-refractivity contribution >= 4 is 5.97 Å². The van der Waals surface area contributed by atoms with Crippen molar-refractivity contribution in [3.8, 4) is 11.5 Å². The molecular weight excluding hydrogens is 208 g/mol. The maximum absolute atomic E-state index is 9.87. The summed E-state index contributed by atoms with van der Waals surface area (Å²) in [6.45, 7) is 2.06. The minimum absolute atomic E-state index is 0.169. The third kappa shape index (κ3) is 8.87. The molecule has 0 spiro atoms. The van der Waals surface area contributed by atoms with Crippen LogP contribution in [0.4, 0.5) is 0 Å². The van der Waals surface area contributed by atoms with E-state index in [9.17, 15) is 4.79 Å². The van der Waals surface area contributed by atoms with E-state index in [-0.39, 0.29) is 11.5 Å². The van der Waals surface area contributed by atoms with Crippen molar-refractivity contribution in [2.45, 2.75) is 32.6 Å². The molecule has 1 aromatic carbocycles. The highest BCUT2D eigenvalue weighted by Gasteiger charge is 1.92. The van der Waals surface area contributed by atoms with Crippen molar-refractivity contribution in [2.24, 2.45) is 0 Å². The molecular formula is C12H18O4. The Kier molecular flexibility index (Phi) is 7.67. The fourth-order valence-electron chi connectivity index (χ4n) is 0.979. The quantitative estimate of drug-likeness (QED) is 0.545. The highest BCUT2D eigenvalue weighted by Crippen LogP contribution is 2.13. The van der Waals surface area contributed by atoms with E-state index in [0.29, 0.717) is 6.42 Å². The van der Waals surface area contributed by atoms with Gasteiger partial charge in [0.25, 0.3) is 0 Å². The van der Waals surface area contributed by atoms with Gasteiger partial charge in [-0.3, -0.25) is 4.79 Å². The number of aliphatic carboxylic acids is 1. The van der Waals surface area contributed by atoms with Crippen LogP contribution in [0.15, 0.2) is 24.3 Å². The van der Waals surface area contributed by atoms with Gasteiger partial charge < -0.3 is 15.3 Å². The van der Waals surface area contributed by atoms with E-state index in [1.54, 1.807) is 0 Å². The van der Waals surface area contributed by atoms with Gasteiger partial charge in [0, 0.05) is 6.42 Å². The molecule has 4 nitrogen and oxygen atoms in total. The average molecular weight is 226 g/mol. The molecule has 0 amide bonds. The van der Waals surface area contributed by atoms with E-state index in [4.69, 9.17) is 15.3 Å². The Morgan fingerprint density at radius 1 is 1.06 bits per heavy atom. The Bertz CT molecular complexity index is 271. The third-order valence-corrected chi connectivity index (χ3v) is 1.84. The summed E-state index contributed by atoms with van der Waals surface area (Å²) >= 11 is 0. The van der Waals surface area contributed by atoms with Gasteiger partial charge in [-0.2, -0.15) is 0 Å². The maximum Gasteiger partial charge on any atom is 0.303 e. The van der Waals surface area contributed by atoms with Gasteiger partial charge in [0.2, 0.25) is 0 Å². The van der Waals surface area contributed by atoms with E-state index in [1.807, 2.05) is 0 Å². The lowest BCUT2D eigenvalue weighted by atomic mass is 10.2. The molecule has 0 fully saturated rings. The molecule has 0 bridgehead atoms. The van der Waals surface area contributed by atoms with Gasteiger partial charge in [0.05, 0.1) is 0 Å². The van der Waals surface area contributed by atoms with E-state index < -0.39 is 5.97 Å². The number of rotatable bonds is 4. The molecule has 0 saturated carbocycles. The summed E-state index contributed by atoms with van der Waals surface area (Å²) in [7, 11) is 0. The topological polar surface area (TPSA) is 77.8 Å². The van der Waals surface area contributed by atoms with Crippen LogP contribution in [0, 0.1) is 0 Å². The molecule has 16 heavy (non-hydrogen) atoms. The zero-order valence-corrected chi connectivity index (χ0v) is 9.39. The fourth-order valence-corrected chi connectivity index (χ4v) is 0.979. The maximum atomic E-state index is 9.87. The van der Waals surface area contributed by atoms with Crippen LogP contribution < -0.4 is 0 Å². The zero-order valence-electron chi connectivity index (χ0n) is 9.39. The molecule has 0 aliphatic rings. The van der Waals surface area contributed by atoms with Crippen LogP contribution in [0.25, 0.3) is 0 Å². The molecule has 0 heterocycles. The number of hydrogen-bond donors (Lipinski definition) is 3. The van der Waals surface area contributed by atoms with Crippen LogP contribution in [0.3, 0.4) is 0 Å². The van der Waals surface area contributed by atoms with E-state index >= 15 is 0 Å². The average Bonchev–Trinajstić information content (AvgIpc) is 2.23. The SMILES string of the molecule is CCCCCC(=O)O.Oc1ccc(O)cc1. The number of unbranched alkanes of at least 4 members (excludes halogenated alkanes) is 2. The second-order valence-electron chi connectivity index (χ2n) is 3.37. The number of hydrogen-bond acceptors (Lipinski definition) is 3. The van der Waals surface area contributed by atoms with Crippen LogP contribution in [-0.2, 0) is 4.79 Å². The van der Waals surface area contributed by atoms with Gasteiger partial charge in [-0.1, -0.05) is 19.8 Å². The summed E-state index contributed by atoms with van der Waals surface area (Å²) in [6, 6.07) is 5.70. The number of aromatic hydroxyl groups is 2. The Labute approximate surface area is 95.2 Å². The zero-order chi connectivity index (χ0) is 12.4.